The number of hydrogen-bond acceptors (Lipinski definition) is 1. The van der Waals surface area contributed by atoms with Crippen LogP contribution in [0.5, 0.6) is 0 Å². The van der Waals surface area contributed by atoms with Crippen molar-refractivity contribution < 1.29 is 9.90 Å². The molecule has 0 amide bonds. The van der Waals surface area contributed by atoms with Crippen LogP contribution in [0.4, 0.5) is 0 Å². The minimum Gasteiger partial charge on any atom is -0.481 e. The number of hydrogen-bond donors (Lipinski definition) is 1. The molecule has 0 heterocycles. The maximum atomic E-state index is 10.9. The molecule has 0 saturated heterocycles. The fraction of sp³-hybridized carbons (Fsp3) is 0.957. The first-order chi connectivity index (χ1) is 11.9. The zero-order chi connectivity index (χ0) is 17.7. The van der Waals surface area contributed by atoms with Gasteiger partial charge < -0.3 is 5.11 Å². The number of carboxylic acid groups (broad SMARTS) is 1. The van der Waals surface area contributed by atoms with Gasteiger partial charge in [-0.2, -0.15) is 0 Å². The van der Waals surface area contributed by atoms with Crippen LogP contribution < -0.4 is 0 Å². The van der Waals surface area contributed by atoms with E-state index in [1.165, 1.54) is 64.2 Å². The van der Waals surface area contributed by atoms with Crippen molar-refractivity contribution in [2.75, 3.05) is 0 Å². The minimum atomic E-state index is -0.619. The molecule has 4 rings (SSSR count). The van der Waals surface area contributed by atoms with Crippen LogP contribution in [0.1, 0.15) is 97.3 Å². The second-order valence-electron chi connectivity index (χ2n) is 10.5. The topological polar surface area (TPSA) is 37.3 Å². The molecule has 2 heteroatoms. The largest absolute Gasteiger partial charge is 0.481 e. The Balaban J connectivity index is 1.48. The third kappa shape index (κ3) is 2.86. The Kier molecular flexibility index (Phi) is 4.69. The lowest BCUT2D eigenvalue weighted by atomic mass is 9.45. The molecule has 0 aromatic rings. The second kappa shape index (κ2) is 6.57. The SMILES string of the molecule is CC12CCC3C(CCC4CCCC[C@@]43C)C1CCC2CCCC(=O)O. The highest BCUT2D eigenvalue weighted by molar-refractivity contribution is 5.66. The average molecular weight is 347 g/mol. The van der Waals surface area contributed by atoms with Gasteiger partial charge in [-0.15, -0.1) is 0 Å². The van der Waals surface area contributed by atoms with Crippen LogP contribution >= 0.6 is 0 Å². The molecule has 4 saturated carbocycles. The van der Waals surface area contributed by atoms with Crippen molar-refractivity contribution >= 4 is 5.97 Å². The fourth-order valence-electron chi connectivity index (χ4n) is 8.38. The molecule has 4 fully saturated rings. The summed E-state index contributed by atoms with van der Waals surface area (Å²) in [5.41, 5.74) is 1.15. The Hall–Kier alpha value is -0.530. The lowest BCUT2D eigenvalue weighted by molar-refractivity contribution is -0.137. The van der Waals surface area contributed by atoms with Gasteiger partial charge >= 0.3 is 5.97 Å². The second-order valence-corrected chi connectivity index (χ2v) is 10.5. The molecule has 6 unspecified atom stereocenters. The van der Waals surface area contributed by atoms with Crippen LogP contribution in [0.3, 0.4) is 0 Å². The summed E-state index contributed by atoms with van der Waals surface area (Å²) >= 11 is 0. The van der Waals surface area contributed by atoms with Crippen molar-refractivity contribution in [2.24, 2.45) is 40.4 Å². The van der Waals surface area contributed by atoms with E-state index < -0.39 is 5.97 Å². The Morgan fingerprint density at radius 3 is 2.52 bits per heavy atom. The molecule has 7 atom stereocenters. The zero-order valence-electron chi connectivity index (χ0n) is 16.4. The summed E-state index contributed by atoms with van der Waals surface area (Å²) in [6, 6.07) is 0. The molecule has 142 valence electrons. The average Bonchev–Trinajstić information content (AvgIpc) is 2.91. The summed E-state index contributed by atoms with van der Waals surface area (Å²) in [4.78, 5) is 10.9. The van der Waals surface area contributed by atoms with E-state index in [4.69, 9.17) is 5.11 Å². The van der Waals surface area contributed by atoms with Gasteiger partial charge in [0.25, 0.3) is 0 Å². The quantitative estimate of drug-likeness (QED) is 0.649. The molecular formula is C23H38O2. The summed E-state index contributed by atoms with van der Waals surface area (Å²) in [6.45, 7) is 5.25. The van der Waals surface area contributed by atoms with Gasteiger partial charge in [0, 0.05) is 6.42 Å². The van der Waals surface area contributed by atoms with E-state index >= 15 is 0 Å². The molecule has 0 aromatic carbocycles. The van der Waals surface area contributed by atoms with Crippen LogP contribution in [0.15, 0.2) is 0 Å². The lowest BCUT2D eigenvalue weighted by Crippen LogP contribution is -2.52. The highest BCUT2D eigenvalue weighted by Crippen LogP contribution is 2.67. The van der Waals surface area contributed by atoms with Gasteiger partial charge in [-0.25, -0.2) is 0 Å². The molecule has 1 N–H and O–H groups in total. The van der Waals surface area contributed by atoms with Gasteiger partial charge in [0.15, 0.2) is 0 Å². The monoisotopic (exact) mass is 346 g/mol. The Morgan fingerprint density at radius 1 is 0.920 bits per heavy atom. The molecular weight excluding hydrogens is 308 g/mol. The van der Waals surface area contributed by atoms with E-state index in [-0.39, 0.29) is 0 Å². The van der Waals surface area contributed by atoms with E-state index in [1.807, 2.05) is 0 Å². The minimum absolute atomic E-state index is 0.364. The third-order valence-electron chi connectivity index (χ3n) is 9.72. The lowest BCUT2D eigenvalue weighted by Gasteiger charge is -2.60. The van der Waals surface area contributed by atoms with E-state index in [0.29, 0.717) is 17.3 Å². The van der Waals surface area contributed by atoms with Crippen LogP contribution in [0.25, 0.3) is 0 Å². The van der Waals surface area contributed by atoms with Crippen molar-refractivity contribution in [1.82, 2.24) is 0 Å². The highest BCUT2D eigenvalue weighted by atomic mass is 16.4. The maximum absolute atomic E-state index is 10.9. The van der Waals surface area contributed by atoms with Gasteiger partial charge in [-0.3, -0.25) is 4.79 Å². The van der Waals surface area contributed by atoms with E-state index in [1.54, 1.807) is 0 Å². The van der Waals surface area contributed by atoms with Crippen molar-refractivity contribution in [3.8, 4) is 0 Å². The highest BCUT2D eigenvalue weighted by Gasteiger charge is 2.59. The van der Waals surface area contributed by atoms with Crippen molar-refractivity contribution in [1.29, 1.82) is 0 Å². The van der Waals surface area contributed by atoms with Crippen LogP contribution in [0, 0.1) is 40.4 Å². The molecule has 0 radical (unpaired) electrons. The molecule has 2 nitrogen and oxygen atoms in total. The normalized spacial score (nSPS) is 49.1. The van der Waals surface area contributed by atoms with Gasteiger partial charge in [0.2, 0.25) is 0 Å². The Labute approximate surface area is 154 Å². The standard InChI is InChI=1S/C23H38O2/c1-22-14-4-3-6-16(22)9-11-18-19-12-10-17(7-5-8-21(24)25)23(19,2)15-13-20(18)22/h16-20H,3-15H2,1-2H3,(H,24,25)/t16?,17?,18?,19?,20?,22-,23?/m0/s1. The van der Waals surface area contributed by atoms with Gasteiger partial charge in [0.1, 0.15) is 0 Å². The van der Waals surface area contributed by atoms with Gasteiger partial charge in [-0.1, -0.05) is 26.7 Å². The zero-order valence-corrected chi connectivity index (χ0v) is 16.4. The predicted octanol–water partition coefficient (Wildman–Crippen LogP) is 6.29. The third-order valence-corrected chi connectivity index (χ3v) is 9.72. The molecule has 0 spiro atoms. The number of carbonyl (C=O) groups is 1. The molecule has 0 aliphatic heterocycles. The first kappa shape index (κ1) is 17.9. The molecule has 4 aliphatic rings. The summed E-state index contributed by atoms with van der Waals surface area (Å²) in [5.74, 6) is 4.08. The van der Waals surface area contributed by atoms with Crippen molar-refractivity contribution in [2.45, 2.75) is 97.3 Å². The van der Waals surface area contributed by atoms with Crippen molar-refractivity contribution in [3.05, 3.63) is 0 Å². The summed E-state index contributed by atoms with van der Waals surface area (Å²) < 4.78 is 0. The Morgan fingerprint density at radius 2 is 1.72 bits per heavy atom. The number of aliphatic carboxylic acids is 1. The van der Waals surface area contributed by atoms with Crippen LogP contribution in [0.2, 0.25) is 0 Å². The summed E-state index contributed by atoms with van der Waals surface area (Å²) in [6.07, 6.45) is 17.0. The number of rotatable bonds is 4. The van der Waals surface area contributed by atoms with E-state index in [0.717, 1.165) is 42.4 Å². The number of carboxylic acids is 1. The van der Waals surface area contributed by atoms with E-state index in [9.17, 15) is 4.79 Å². The molecule has 25 heavy (non-hydrogen) atoms. The van der Waals surface area contributed by atoms with Gasteiger partial charge in [0.05, 0.1) is 0 Å². The van der Waals surface area contributed by atoms with Crippen LogP contribution in [-0.2, 0) is 4.79 Å². The summed E-state index contributed by atoms with van der Waals surface area (Å²) in [7, 11) is 0. The maximum Gasteiger partial charge on any atom is 0.303 e. The first-order valence-corrected chi connectivity index (χ1v) is 11.2. The first-order valence-electron chi connectivity index (χ1n) is 11.2. The van der Waals surface area contributed by atoms with E-state index in [2.05, 4.69) is 13.8 Å². The predicted molar refractivity (Wildman–Crippen MR) is 101 cm³/mol. The molecule has 0 bridgehead atoms. The molecule has 0 aromatic heterocycles. The Bertz CT molecular complexity index is 514. The number of fused-ring (bicyclic) bond motifs is 5. The summed E-state index contributed by atoms with van der Waals surface area (Å²) in [5, 5.41) is 8.98. The van der Waals surface area contributed by atoms with Crippen LogP contribution in [-0.4, -0.2) is 11.1 Å². The van der Waals surface area contributed by atoms with Gasteiger partial charge in [-0.05, 0) is 105 Å². The van der Waals surface area contributed by atoms with Crippen molar-refractivity contribution in [3.63, 3.8) is 0 Å². The fourth-order valence-corrected chi connectivity index (χ4v) is 8.38. The molecule has 4 aliphatic carbocycles. The smallest absolute Gasteiger partial charge is 0.303 e.